The Balaban J connectivity index is 1.43. The molecular formula is C21H19F3N4O5. The second-order valence-corrected chi connectivity index (χ2v) is 8.29. The highest BCUT2D eigenvalue weighted by molar-refractivity contribution is 5.99. The summed E-state index contributed by atoms with van der Waals surface area (Å²) in [5.74, 6) is -2.43. The van der Waals surface area contributed by atoms with Crippen LogP contribution in [0.2, 0.25) is 0 Å². The quantitative estimate of drug-likeness (QED) is 0.714. The first-order valence-electron chi connectivity index (χ1n) is 10.4. The average molecular weight is 464 g/mol. The molecule has 4 heterocycles. The smallest absolute Gasteiger partial charge is 0.418 e. The van der Waals surface area contributed by atoms with Gasteiger partial charge >= 0.3 is 6.18 Å². The van der Waals surface area contributed by atoms with E-state index in [0.717, 1.165) is 37.4 Å². The van der Waals surface area contributed by atoms with E-state index < -0.39 is 58.8 Å². The number of ether oxygens (including phenoxy) is 1. The Kier molecular flexibility index (Phi) is 4.92. The maximum Gasteiger partial charge on any atom is 0.418 e. The number of aromatic hydroxyl groups is 1. The molecule has 2 aromatic rings. The van der Waals surface area contributed by atoms with E-state index in [1.807, 2.05) is 0 Å². The predicted octanol–water partition coefficient (Wildman–Crippen LogP) is 1.63. The van der Waals surface area contributed by atoms with Crippen molar-refractivity contribution in [2.75, 3.05) is 0 Å². The summed E-state index contributed by atoms with van der Waals surface area (Å²) in [6.07, 6.45) is -0.655. The number of amides is 2. The third-order valence-electron chi connectivity index (χ3n) is 6.31. The molecule has 9 nitrogen and oxygen atoms in total. The topological polar surface area (TPSA) is 114 Å². The van der Waals surface area contributed by atoms with Crippen molar-refractivity contribution in [2.24, 2.45) is 0 Å². The van der Waals surface area contributed by atoms with Crippen LogP contribution in [0.3, 0.4) is 0 Å². The maximum absolute atomic E-state index is 13.1. The van der Waals surface area contributed by atoms with Gasteiger partial charge < -0.3 is 24.6 Å². The fourth-order valence-electron chi connectivity index (χ4n) is 4.81. The molecule has 174 valence electrons. The molecule has 2 aromatic heterocycles. The molecule has 3 atom stereocenters. The van der Waals surface area contributed by atoms with E-state index in [1.54, 1.807) is 0 Å². The molecule has 5 rings (SSSR count). The fraction of sp³-hybridized carbons (Fsp3) is 0.429. The van der Waals surface area contributed by atoms with Gasteiger partial charge in [0.15, 0.2) is 17.7 Å². The number of aromatic nitrogens is 2. The molecule has 0 aromatic carbocycles. The van der Waals surface area contributed by atoms with Gasteiger partial charge in [0.25, 0.3) is 11.8 Å². The third-order valence-corrected chi connectivity index (χ3v) is 6.31. The largest absolute Gasteiger partial charge is 0.503 e. The van der Waals surface area contributed by atoms with Crippen LogP contribution in [0.1, 0.15) is 51.4 Å². The first-order chi connectivity index (χ1) is 15.6. The van der Waals surface area contributed by atoms with E-state index in [1.165, 1.54) is 9.47 Å². The molecule has 1 saturated heterocycles. The molecule has 0 unspecified atom stereocenters. The van der Waals surface area contributed by atoms with Crippen LogP contribution in [0.25, 0.3) is 0 Å². The van der Waals surface area contributed by atoms with Gasteiger partial charge in [0, 0.05) is 18.4 Å². The Morgan fingerprint density at radius 3 is 2.85 bits per heavy atom. The first kappa shape index (κ1) is 21.4. The minimum Gasteiger partial charge on any atom is -0.503 e. The Morgan fingerprint density at radius 1 is 1.30 bits per heavy atom. The summed E-state index contributed by atoms with van der Waals surface area (Å²) in [5, 5.41) is 12.7. The second-order valence-electron chi connectivity index (χ2n) is 8.29. The molecule has 2 aliphatic heterocycles. The number of hydrogen-bond acceptors (Lipinski definition) is 6. The zero-order valence-corrected chi connectivity index (χ0v) is 17.1. The highest BCUT2D eigenvalue weighted by Crippen LogP contribution is 2.38. The van der Waals surface area contributed by atoms with Crippen LogP contribution in [0.4, 0.5) is 13.2 Å². The lowest BCUT2D eigenvalue weighted by Crippen LogP contribution is -2.57. The van der Waals surface area contributed by atoms with Crippen LogP contribution < -0.4 is 10.7 Å². The number of alkyl halides is 3. The minimum absolute atomic E-state index is 0.0301. The van der Waals surface area contributed by atoms with Gasteiger partial charge in [0.1, 0.15) is 5.56 Å². The lowest BCUT2D eigenvalue weighted by Gasteiger charge is -2.44. The van der Waals surface area contributed by atoms with E-state index in [2.05, 4.69) is 10.3 Å². The maximum atomic E-state index is 13.1. The first-order valence-corrected chi connectivity index (χ1v) is 10.4. The Bertz CT molecular complexity index is 1210. The molecule has 2 fully saturated rings. The summed E-state index contributed by atoms with van der Waals surface area (Å²) >= 11 is 0. The van der Waals surface area contributed by atoms with Gasteiger partial charge in [-0.05, 0) is 31.4 Å². The minimum atomic E-state index is -4.66. The molecule has 12 heteroatoms. The normalized spacial score (nSPS) is 23.8. The van der Waals surface area contributed by atoms with Gasteiger partial charge in [0.2, 0.25) is 5.43 Å². The standard InChI is InChI=1S/C21H19F3N4O5/c22-21(23,24)13-2-1-5-25-14(13)7-26-19(31)12-8-27-9-15-28(10-3-4-11(6-10)33-15)20(32)16(27)18(30)17(12)29/h1-2,5,8,10-11,15,30H,3-4,6-7,9H2,(H,26,31)/t10-,11+,15+/m1/s1. The molecular weight excluding hydrogens is 445 g/mol. The van der Waals surface area contributed by atoms with Crippen LogP contribution in [0, 0.1) is 0 Å². The Hall–Kier alpha value is -3.41. The third kappa shape index (κ3) is 3.54. The van der Waals surface area contributed by atoms with Crippen molar-refractivity contribution in [2.45, 2.75) is 56.9 Å². The summed E-state index contributed by atoms with van der Waals surface area (Å²) in [6.45, 7) is -0.473. The number of nitrogens with one attached hydrogen (secondary N) is 1. The van der Waals surface area contributed by atoms with Crippen molar-refractivity contribution in [3.8, 4) is 5.75 Å². The lowest BCUT2D eigenvalue weighted by molar-refractivity contribution is -0.138. The van der Waals surface area contributed by atoms with Gasteiger partial charge in [-0.25, -0.2) is 0 Å². The second kappa shape index (κ2) is 7.58. The molecule has 0 spiro atoms. The number of fused-ring (bicyclic) bond motifs is 5. The van der Waals surface area contributed by atoms with Crippen molar-refractivity contribution in [3.63, 3.8) is 0 Å². The lowest BCUT2D eigenvalue weighted by atomic mass is 10.1. The van der Waals surface area contributed by atoms with E-state index >= 15 is 0 Å². The zero-order valence-electron chi connectivity index (χ0n) is 17.1. The van der Waals surface area contributed by atoms with E-state index in [-0.39, 0.29) is 24.4 Å². The Labute approximate surface area is 184 Å². The number of rotatable bonds is 3. The molecule has 0 radical (unpaired) electrons. The van der Waals surface area contributed by atoms with E-state index in [9.17, 15) is 32.7 Å². The molecule has 1 aliphatic carbocycles. The van der Waals surface area contributed by atoms with Gasteiger partial charge in [-0.1, -0.05) is 0 Å². The average Bonchev–Trinajstić information content (AvgIpc) is 3.14. The number of nitrogens with zero attached hydrogens (tertiary/aromatic N) is 3. The molecule has 2 N–H and O–H groups in total. The summed E-state index contributed by atoms with van der Waals surface area (Å²) in [6, 6.07) is 1.93. The fourth-order valence-corrected chi connectivity index (χ4v) is 4.81. The van der Waals surface area contributed by atoms with Crippen molar-refractivity contribution < 1.29 is 32.6 Å². The van der Waals surface area contributed by atoms with Crippen LogP contribution in [0.15, 0.2) is 29.3 Å². The molecule has 2 amide bonds. The van der Waals surface area contributed by atoms with E-state index in [4.69, 9.17) is 4.74 Å². The van der Waals surface area contributed by atoms with Crippen molar-refractivity contribution in [3.05, 3.63) is 57.3 Å². The summed E-state index contributed by atoms with van der Waals surface area (Å²) in [4.78, 5) is 43.6. The summed E-state index contributed by atoms with van der Waals surface area (Å²) in [5.41, 5.74) is -3.24. The van der Waals surface area contributed by atoms with Crippen LogP contribution in [-0.4, -0.2) is 49.7 Å². The Morgan fingerprint density at radius 2 is 2.09 bits per heavy atom. The van der Waals surface area contributed by atoms with Gasteiger partial charge in [-0.3, -0.25) is 19.4 Å². The van der Waals surface area contributed by atoms with Crippen molar-refractivity contribution >= 4 is 11.8 Å². The van der Waals surface area contributed by atoms with Gasteiger partial charge in [-0.2, -0.15) is 13.2 Å². The SMILES string of the molecule is O=C(NCc1ncccc1C(F)(F)F)c1cn2c(c(O)c1=O)C(=O)N1[C@@H]3CC[C@@H](C3)O[C@H]1C2. The molecule has 2 bridgehead atoms. The monoisotopic (exact) mass is 464 g/mol. The van der Waals surface area contributed by atoms with E-state index in [0.29, 0.717) is 6.42 Å². The molecule has 33 heavy (non-hydrogen) atoms. The molecule has 1 saturated carbocycles. The van der Waals surface area contributed by atoms with Crippen LogP contribution in [0.5, 0.6) is 5.75 Å². The summed E-state index contributed by atoms with van der Waals surface area (Å²) < 4.78 is 46.7. The number of carbonyl (C=O) groups is 2. The van der Waals surface area contributed by atoms with Gasteiger partial charge in [-0.15, -0.1) is 0 Å². The van der Waals surface area contributed by atoms with Crippen molar-refractivity contribution in [1.82, 2.24) is 19.8 Å². The highest BCUT2D eigenvalue weighted by atomic mass is 19.4. The molecule has 3 aliphatic rings. The summed E-state index contributed by atoms with van der Waals surface area (Å²) in [7, 11) is 0. The number of halogens is 3. The number of pyridine rings is 2. The van der Waals surface area contributed by atoms with Crippen LogP contribution >= 0.6 is 0 Å². The highest BCUT2D eigenvalue weighted by Gasteiger charge is 2.47. The predicted molar refractivity (Wildman–Crippen MR) is 105 cm³/mol. The zero-order chi connectivity index (χ0) is 23.5. The van der Waals surface area contributed by atoms with Crippen molar-refractivity contribution in [1.29, 1.82) is 0 Å². The van der Waals surface area contributed by atoms with Gasteiger partial charge in [0.05, 0.1) is 30.5 Å². The number of hydrogen-bond donors (Lipinski definition) is 2. The number of carbonyl (C=O) groups excluding carboxylic acids is 2. The van der Waals surface area contributed by atoms with Crippen LogP contribution in [-0.2, 0) is 24.0 Å².